The Morgan fingerprint density at radius 2 is 2.27 bits per heavy atom. The van der Waals surface area contributed by atoms with E-state index in [-0.39, 0.29) is 6.10 Å². The molecule has 0 aromatic carbocycles. The Morgan fingerprint density at radius 1 is 1.33 bits per heavy atom. The Morgan fingerprint density at radius 3 is 3.00 bits per heavy atom. The summed E-state index contributed by atoms with van der Waals surface area (Å²) in [7, 11) is 0. The predicted molar refractivity (Wildman–Crippen MR) is 60.8 cm³/mol. The van der Waals surface area contributed by atoms with Gasteiger partial charge in [-0.15, -0.1) is 0 Å². The van der Waals surface area contributed by atoms with Gasteiger partial charge in [0.25, 0.3) is 0 Å². The maximum Gasteiger partial charge on any atom is 0.0723 e. The Labute approximate surface area is 92.3 Å². The molecule has 0 spiro atoms. The molecule has 0 aromatic rings. The molecule has 0 radical (unpaired) electrons. The van der Waals surface area contributed by atoms with Crippen LogP contribution in [0.25, 0.3) is 0 Å². The predicted octanol–water partition coefficient (Wildman–Crippen LogP) is 2.81. The lowest BCUT2D eigenvalue weighted by Crippen LogP contribution is -2.09. The Hall–Kier alpha value is -0.340. The molecule has 15 heavy (non-hydrogen) atoms. The lowest BCUT2D eigenvalue weighted by Gasteiger charge is -2.17. The van der Waals surface area contributed by atoms with Crippen LogP contribution in [0.3, 0.4) is 0 Å². The normalized spacial score (nSPS) is 31.7. The molecule has 0 saturated carbocycles. The molecule has 1 aliphatic heterocycles. The lowest BCUT2D eigenvalue weighted by atomic mass is 9.93. The fourth-order valence-electron chi connectivity index (χ4n) is 2.61. The SMILES string of the molecule is OC1C=C(CCCC2CCCO2)CCC1. The molecule has 2 heteroatoms. The van der Waals surface area contributed by atoms with E-state index < -0.39 is 0 Å². The molecule has 0 amide bonds. The van der Waals surface area contributed by atoms with Gasteiger partial charge in [0.2, 0.25) is 0 Å². The van der Waals surface area contributed by atoms with Crippen molar-refractivity contribution in [2.24, 2.45) is 0 Å². The van der Waals surface area contributed by atoms with Crippen molar-refractivity contribution in [3.63, 3.8) is 0 Å². The van der Waals surface area contributed by atoms with Gasteiger partial charge in [-0.1, -0.05) is 11.6 Å². The van der Waals surface area contributed by atoms with E-state index in [1.165, 1.54) is 37.7 Å². The maximum absolute atomic E-state index is 9.49. The zero-order chi connectivity index (χ0) is 10.5. The summed E-state index contributed by atoms with van der Waals surface area (Å²) in [6.45, 7) is 0.964. The second kappa shape index (κ2) is 5.66. The second-order valence-corrected chi connectivity index (χ2v) is 4.81. The average Bonchev–Trinajstić information content (AvgIpc) is 2.71. The first-order valence-electron chi connectivity index (χ1n) is 6.34. The molecule has 1 N–H and O–H groups in total. The maximum atomic E-state index is 9.49. The van der Waals surface area contributed by atoms with Crippen molar-refractivity contribution in [3.05, 3.63) is 11.6 Å². The quantitative estimate of drug-likeness (QED) is 0.723. The summed E-state index contributed by atoms with van der Waals surface area (Å²) < 4.78 is 5.59. The number of aliphatic hydroxyl groups excluding tert-OH is 1. The summed E-state index contributed by atoms with van der Waals surface area (Å²) in [4.78, 5) is 0. The Bertz CT molecular complexity index is 217. The van der Waals surface area contributed by atoms with Crippen LogP contribution in [0.4, 0.5) is 0 Å². The molecule has 2 aliphatic rings. The number of rotatable bonds is 4. The summed E-state index contributed by atoms with van der Waals surface area (Å²) in [5.74, 6) is 0. The van der Waals surface area contributed by atoms with Gasteiger partial charge in [0.1, 0.15) is 0 Å². The highest BCUT2D eigenvalue weighted by Crippen LogP contribution is 2.24. The van der Waals surface area contributed by atoms with Crippen LogP contribution in [0.2, 0.25) is 0 Å². The lowest BCUT2D eigenvalue weighted by molar-refractivity contribution is 0.102. The van der Waals surface area contributed by atoms with E-state index in [0.717, 1.165) is 25.9 Å². The molecule has 1 heterocycles. The van der Waals surface area contributed by atoms with Crippen molar-refractivity contribution in [3.8, 4) is 0 Å². The number of hydrogen-bond acceptors (Lipinski definition) is 2. The number of aliphatic hydroxyl groups is 1. The molecule has 2 nitrogen and oxygen atoms in total. The minimum absolute atomic E-state index is 0.170. The standard InChI is InChI=1S/C13H22O2/c14-12-6-1-4-11(10-12)5-2-7-13-8-3-9-15-13/h10,12-14H,1-9H2. The molecule has 2 atom stereocenters. The Balaban J connectivity index is 1.64. The van der Waals surface area contributed by atoms with E-state index in [0.29, 0.717) is 6.10 Å². The molecule has 0 aromatic heterocycles. The van der Waals surface area contributed by atoms with E-state index in [9.17, 15) is 5.11 Å². The zero-order valence-corrected chi connectivity index (χ0v) is 9.45. The first kappa shape index (κ1) is 11.2. The molecule has 1 saturated heterocycles. The van der Waals surface area contributed by atoms with Gasteiger partial charge in [0.15, 0.2) is 0 Å². The molecule has 2 unspecified atom stereocenters. The summed E-state index contributed by atoms with van der Waals surface area (Å²) in [6, 6.07) is 0. The largest absolute Gasteiger partial charge is 0.389 e. The van der Waals surface area contributed by atoms with Gasteiger partial charge in [-0.3, -0.25) is 0 Å². The average molecular weight is 210 g/mol. The number of ether oxygens (including phenoxy) is 1. The first-order chi connectivity index (χ1) is 7.34. The van der Waals surface area contributed by atoms with Crippen LogP contribution in [-0.4, -0.2) is 23.9 Å². The molecular formula is C13H22O2. The molecule has 86 valence electrons. The molecular weight excluding hydrogens is 188 g/mol. The number of hydrogen-bond donors (Lipinski definition) is 1. The van der Waals surface area contributed by atoms with Crippen molar-refractivity contribution in [2.45, 2.75) is 63.6 Å². The topological polar surface area (TPSA) is 29.5 Å². The van der Waals surface area contributed by atoms with Crippen LogP contribution in [0.5, 0.6) is 0 Å². The van der Waals surface area contributed by atoms with Crippen molar-refractivity contribution < 1.29 is 9.84 Å². The van der Waals surface area contributed by atoms with Crippen molar-refractivity contribution in [1.29, 1.82) is 0 Å². The van der Waals surface area contributed by atoms with Gasteiger partial charge in [0.05, 0.1) is 12.2 Å². The minimum atomic E-state index is -0.170. The second-order valence-electron chi connectivity index (χ2n) is 4.81. The monoisotopic (exact) mass is 210 g/mol. The van der Waals surface area contributed by atoms with Gasteiger partial charge in [0, 0.05) is 6.61 Å². The van der Waals surface area contributed by atoms with E-state index in [2.05, 4.69) is 6.08 Å². The van der Waals surface area contributed by atoms with Gasteiger partial charge in [-0.25, -0.2) is 0 Å². The van der Waals surface area contributed by atoms with Gasteiger partial charge in [-0.05, 0) is 51.4 Å². The van der Waals surface area contributed by atoms with Crippen LogP contribution in [-0.2, 0) is 4.74 Å². The van der Waals surface area contributed by atoms with Gasteiger partial charge in [-0.2, -0.15) is 0 Å². The smallest absolute Gasteiger partial charge is 0.0723 e. The summed E-state index contributed by atoms with van der Waals surface area (Å²) in [6.07, 6.45) is 11.8. The Kier molecular flexibility index (Phi) is 4.21. The van der Waals surface area contributed by atoms with Crippen LogP contribution in [0.15, 0.2) is 11.6 Å². The third kappa shape index (κ3) is 3.62. The van der Waals surface area contributed by atoms with E-state index >= 15 is 0 Å². The van der Waals surface area contributed by atoms with E-state index in [1.54, 1.807) is 0 Å². The molecule has 1 fully saturated rings. The van der Waals surface area contributed by atoms with Crippen molar-refractivity contribution in [1.82, 2.24) is 0 Å². The van der Waals surface area contributed by atoms with E-state index in [1.807, 2.05) is 0 Å². The highest BCUT2D eigenvalue weighted by atomic mass is 16.5. The summed E-state index contributed by atoms with van der Waals surface area (Å²) >= 11 is 0. The molecule has 2 rings (SSSR count). The summed E-state index contributed by atoms with van der Waals surface area (Å²) in [5.41, 5.74) is 1.46. The number of allylic oxidation sites excluding steroid dienone is 1. The third-order valence-corrected chi connectivity index (χ3v) is 3.47. The fourth-order valence-corrected chi connectivity index (χ4v) is 2.61. The highest BCUT2D eigenvalue weighted by molar-refractivity contribution is 5.08. The van der Waals surface area contributed by atoms with Crippen LogP contribution in [0.1, 0.15) is 51.4 Å². The van der Waals surface area contributed by atoms with Crippen LogP contribution < -0.4 is 0 Å². The van der Waals surface area contributed by atoms with Gasteiger partial charge < -0.3 is 9.84 Å². The fraction of sp³-hybridized carbons (Fsp3) is 0.846. The van der Waals surface area contributed by atoms with Crippen molar-refractivity contribution >= 4 is 0 Å². The van der Waals surface area contributed by atoms with Crippen LogP contribution in [0, 0.1) is 0 Å². The van der Waals surface area contributed by atoms with Crippen LogP contribution >= 0.6 is 0 Å². The summed E-state index contributed by atoms with van der Waals surface area (Å²) in [5, 5.41) is 9.49. The molecule has 1 aliphatic carbocycles. The van der Waals surface area contributed by atoms with Crippen molar-refractivity contribution in [2.75, 3.05) is 6.61 Å². The first-order valence-corrected chi connectivity index (χ1v) is 6.34. The van der Waals surface area contributed by atoms with E-state index in [4.69, 9.17) is 4.74 Å². The minimum Gasteiger partial charge on any atom is -0.389 e. The van der Waals surface area contributed by atoms with Gasteiger partial charge >= 0.3 is 0 Å². The third-order valence-electron chi connectivity index (χ3n) is 3.47. The molecule has 0 bridgehead atoms. The highest BCUT2D eigenvalue weighted by Gasteiger charge is 2.15. The zero-order valence-electron chi connectivity index (χ0n) is 9.45.